The minimum Gasteiger partial charge on any atom is -0.478 e. The predicted octanol–water partition coefficient (Wildman–Crippen LogP) is 1.21. The molecule has 1 rings (SSSR count). The van der Waals surface area contributed by atoms with Gasteiger partial charge in [0.25, 0.3) is 0 Å². The molecule has 0 saturated heterocycles. The molecule has 1 aromatic rings. The van der Waals surface area contributed by atoms with E-state index in [0.717, 1.165) is 0 Å². The smallest absolute Gasteiger partial charge is 0.335 e. The van der Waals surface area contributed by atoms with Crippen LogP contribution < -0.4 is 0 Å². The minimum absolute atomic E-state index is 0. The van der Waals surface area contributed by atoms with E-state index >= 15 is 0 Å². The molecule has 0 heterocycles. The van der Waals surface area contributed by atoms with Crippen LogP contribution in [0.4, 0.5) is 0 Å². The normalized spacial score (nSPS) is 8.69. The Morgan fingerprint density at radius 3 is 1.77 bits per heavy atom. The van der Waals surface area contributed by atoms with Gasteiger partial charge in [-0.05, 0) is 19.1 Å². The summed E-state index contributed by atoms with van der Waals surface area (Å²) in [5, 5.41) is 8.53. The van der Waals surface area contributed by atoms with Gasteiger partial charge >= 0.3 is 5.97 Å². The largest absolute Gasteiger partial charge is 0.478 e. The topological polar surface area (TPSA) is 54.4 Å². The van der Waals surface area contributed by atoms with Crippen molar-refractivity contribution >= 4 is 60.6 Å². The quantitative estimate of drug-likeness (QED) is 0.660. The van der Waals surface area contributed by atoms with E-state index in [4.69, 9.17) is 5.11 Å². The van der Waals surface area contributed by atoms with Crippen LogP contribution in [0.3, 0.4) is 0 Å². The fourth-order valence-electron chi connectivity index (χ4n) is 0.848. The van der Waals surface area contributed by atoms with Gasteiger partial charge in [-0.1, -0.05) is 12.1 Å². The summed E-state index contributed by atoms with van der Waals surface area (Å²) in [5.74, 6) is -1.04. The fraction of sp³-hybridized carbons (Fsp3) is 0.111. The number of hydrogen-bond acceptors (Lipinski definition) is 2. The molecule has 0 saturated carbocycles. The van der Waals surface area contributed by atoms with Crippen LogP contribution in [0, 0.1) is 0 Å². The van der Waals surface area contributed by atoms with Gasteiger partial charge in [-0.2, -0.15) is 0 Å². The molecule has 0 aliphatic heterocycles. The molecule has 0 unspecified atom stereocenters. The number of carbonyl (C=O) groups excluding carboxylic acids is 1. The first-order valence-corrected chi connectivity index (χ1v) is 3.45. The van der Waals surface area contributed by atoms with Gasteiger partial charge < -0.3 is 5.11 Å². The maximum absolute atomic E-state index is 10.8. The summed E-state index contributed by atoms with van der Waals surface area (Å²) in [6.45, 7) is 1.44. The number of aromatic carboxylic acids is 1. The maximum atomic E-state index is 10.8. The summed E-state index contributed by atoms with van der Waals surface area (Å²) >= 11 is 0. The average Bonchev–Trinajstić information content (AvgIpc) is 2.04. The molecule has 0 amide bonds. The predicted molar refractivity (Wildman–Crippen MR) is 49.2 cm³/mol. The summed E-state index contributed by atoms with van der Waals surface area (Å²) in [7, 11) is 0. The van der Waals surface area contributed by atoms with Crippen LogP contribution in [0.15, 0.2) is 24.3 Å². The summed E-state index contributed by atoms with van der Waals surface area (Å²) in [6, 6.07) is 5.84. The van der Waals surface area contributed by atoms with Gasteiger partial charge in [0.05, 0.1) is 5.56 Å². The molecule has 0 bridgehead atoms. The molecule has 0 atom stereocenters. The van der Waals surface area contributed by atoms with Crippen molar-refractivity contribution in [1.82, 2.24) is 0 Å². The second-order valence-electron chi connectivity index (χ2n) is 2.44. The minimum atomic E-state index is -0.981. The number of Topliss-reactive ketones (excluding diaryl/α,β-unsaturated/α-hetero) is 1. The molecule has 1 N–H and O–H groups in total. The van der Waals surface area contributed by atoms with E-state index in [0.29, 0.717) is 5.56 Å². The molecule has 2 radical (unpaired) electrons. The molecule has 0 aliphatic rings. The molecule has 0 spiro atoms. The Kier molecular flexibility index (Phi) is 5.59. The van der Waals surface area contributed by atoms with Crippen LogP contribution in [0.2, 0.25) is 0 Å². The molecular weight excluding hydrogens is 293 g/mol. The molecule has 0 aliphatic carbocycles. The van der Waals surface area contributed by atoms with E-state index in [-0.39, 0.29) is 60.2 Å². The number of hydrogen-bond donors (Lipinski definition) is 1. The van der Waals surface area contributed by atoms with E-state index in [2.05, 4.69) is 0 Å². The maximum Gasteiger partial charge on any atom is 0.335 e. The van der Waals surface area contributed by atoms with Crippen molar-refractivity contribution in [3.8, 4) is 0 Å². The van der Waals surface area contributed by atoms with Crippen LogP contribution in [-0.2, 0) is 0 Å². The molecule has 0 aromatic heterocycles. The van der Waals surface area contributed by atoms with Gasteiger partial charge in [0.15, 0.2) is 5.78 Å². The van der Waals surface area contributed by atoms with Crippen LogP contribution in [0.1, 0.15) is 27.6 Å². The van der Waals surface area contributed by atoms with Gasteiger partial charge in [0, 0.05) is 54.4 Å². The van der Waals surface area contributed by atoms with Crippen molar-refractivity contribution < 1.29 is 14.7 Å². The third-order valence-electron chi connectivity index (χ3n) is 1.54. The van der Waals surface area contributed by atoms with Gasteiger partial charge in [-0.15, -0.1) is 0 Å². The first-order chi connectivity index (χ1) is 5.61. The van der Waals surface area contributed by atoms with E-state index in [1.165, 1.54) is 31.2 Å². The second-order valence-corrected chi connectivity index (χ2v) is 2.44. The Morgan fingerprint density at radius 1 is 1.08 bits per heavy atom. The van der Waals surface area contributed by atoms with E-state index < -0.39 is 5.97 Å². The van der Waals surface area contributed by atoms with Crippen LogP contribution in [0.5, 0.6) is 0 Å². The molecule has 4 heteroatoms. The van der Waals surface area contributed by atoms with E-state index in [1.54, 1.807) is 0 Å². The molecule has 0 fully saturated rings. The van der Waals surface area contributed by atoms with E-state index in [9.17, 15) is 9.59 Å². The Morgan fingerprint density at radius 2 is 1.46 bits per heavy atom. The van der Waals surface area contributed by atoms with Crippen LogP contribution in [-0.4, -0.2) is 65.7 Å². The zero-order chi connectivity index (χ0) is 9.14. The third kappa shape index (κ3) is 3.66. The van der Waals surface area contributed by atoms with E-state index in [1.807, 2.05) is 0 Å². The number of rotatable bonds is 2. The number of carboxylic acids is 1. The molecule has 3 nitrogen and oxygen atoms in total. The van der Waals surface area contributed by atoms with Gasteiger partial charge in [-0.25, -0.2) is 4.79 Å². The SMILES string of the molecule is CC(=O)c1ccc(C(=O)O)cc1.[Ba]. The monoisotopic (exact) mass is 302 g/mol. The zero-order valence-electron chi connectivity index (χ0n) is 7.28. The summed E-state index contributed by atoms with van der Waals surface area (Å²) in [5.41, 5.74) is 0.722. The number of carbonyl (C=O) groups is 2. The Hall–Kier alpha value is -0.0686. The van der Waals surface area contributed by atoms with Crippen LogP contribution in [0.25, 0.3) is 0 Å². The average molecular weight is 301 g/mol. The molecule has 64 valence electrons. The molecule has 13 heavy (non-hydrogen) atoms. The van der Waals surface area contributed by atoms with Crippen molar-refractivity contribution in [3.05, 3.63) is 35.4 Å². The van der Waals surface area contributed by atoms with Crippen molar-refractivity contribution in [2.45, 2.75) is 6.92 Å². The summed E-state index contributed by atoms with van der Waals surface area (Å²) in [6.07, 6.45) is 0. The Bertz CT molecular complexity index is 283. The van der Waals surface area contributed by atoms with Gasteiger partial charge in [0.2, 0.25) is 0 Å². The molecular formula is C9H8BaO3. The van der Waals surface area contributed by atoms with Crippen molar-refractivity contribution in [2.75, 3.05) is 0 Å². The number of carboxylic acid groups (broad SMARTS) is 1. The molecule has 1 aromatic carbocycles. The van der Waals surface area contributed by atoms with Gasteiger partial charge in [-0.3, -0.25) is 4.79 Å². The fourth-order valence-corrected chi connectivity index (χ4v) is 0.848. The summed E-state index contributed by atoms with van der Waals surface area (Å²) < 4.78 is 0. The first kappa shape index (κ1) is 12.9. The van der Waals surface area contributed by atoms with Crippen LogP contribution >= 0.6 is 0 Å². The second kappa shape index (κ2) is 5.62. The Balaban J connectivity index is 0.00000144. The zero-order valence-corrected chi connectivity index (χ0v) is 11.7. The van der Waals surface area contributed by atoms with Crippen molar-refractivity contribution in [1.29, 1.82) is 0 Å². The summed E-state index contributed by atoms with van der Waals surface area (Å²) in [4.78, 5) is 21.2. The van der Waals surface area contributed by atoms with Crippen molar-refractivity contribution in [3.63, 3.8) is 0 Å². The van der Waals surface area contributed by atoms with Crippen molar-refractivity contribution in [2.24, 2.45) is 0 Å². The third-order valence-corrected chi connectivity index (χ3v) is 1.54. The number of ketones is 1. The van der Waals surface area contributed by atoms with Gasteiger partial charge in [0.1, 0.15) is 0 Å². The standard InChI is InChI=1S/C9H8O3.Ba/c1-6(10)7-2-4-8(5-3-7)9(11)12;/h2-5H,1H3,(H,11,12);. The number of benzene rings is 1. The first-order valence-electron chi connectivity index (χ1n) is 3.45. The Labute approximate surface area is 116 Å².